The minimum absolute atomic E-state index is 0.160. The van der Waals surface area contributed by atoms with Crippen LogP contribution in [0.1, 0.15) is 51.5 Å². The van der Waals surface area contributed by atoms with Crippen LogP contribution in [0, 0.1) is 0 Å². The number of sulfonamides is 1. The van der Waals surface area contributed by atoms with Crippen molar-refractivity contribution in [2.24, 2.45) is 0 Å². The molecule has 0 atom stereocenters. The minimum atomic E-state index is -3.55. The van der Waals surface area contributed by atoms with E-state index in [2.05, 4.69) is 10.2 Å². The van der Waals surface area contributed by atoms with Gasteiger partial charge in [0.25, 0.3) is 5.91 Å². The number of piperidine rings is 2. The number of allylic oxidation sites excluding steroid dienone is 1. The van der Waals surface area contributed by atoms with Gasteiger partial charge in [-0.05, 0) is 70.8 Å². The Balaban J connectivity index is 1.52. The maximum Gasteiger partial charge on any atom is 0.256 e. The summed E-state index contributed by atoms with van der Waals surface area (Å²) in [7, 11) is -3.55. The van der Waals surface area contributed by atoms with Crippen molar-refractivity contribution in [3.05, 3.63) is 29.3 Å². The third kappa shape index (κ3) is 3.51. The summed E-state index contributed by atoms with van der Waals surface area (Å²) in [5.74, 6) is -0.160. The Morgan fingerprint density at radius 1 is 1.04 bits per heavy atom. The van der Waals surface area contributed by atoms with Gasteiger partial charge in [0.15, 0.2) is 0 Å². The lowest BCUT2D eigenvalue weighted by Crippen LogP contribution is -2.48. The molecule has 1 amide bonds. The van der Waals surface area contributed by atoms with Crippen molar-refractivity contribution in [2.45, 2.75) is 56.9 Å². The summed E-state index contributed by atoms with van der Waals surface area (Å²) in [6, 6.07) is 5.47. The Kier molecular flexibility index (Phi) is 5.33. The Morgan fingerprint density at radius 3 is 2.36 bits per heavy atom. The van der Waals surface area contributed by atoms with Crippen molar-refractivity contribution in [2.75, 3.05) is 31.5 Å². The van der Waals surface area contributed by atoms with Crippen LogP contribution in [0.15, 0.2) is 28.7 Å². The summed E-state index contributed by atoms with van der Waals surface area (Å²) in [6.45, 7) is 7.16. The largest absolute Gasteiger partial charge is 0.321 e. The van der Waals surface area contributed by atoms with Crippen LogP contribution in [0.5, 0.6) is 0 Å². The topological polar surface area (TPSA) is 69.7 Å². The summed E-state index contributed by atoms with van der Waals surface area (Å²) >= 11 is 0. The van der Waals surface area contributed by atoms with E-state index < -0.39 is 10.0 Å². The number of fused-ring (bicyclic) bond motifs is 1. The lowest BCUT2D eigenvalue weighted by Gasteiger charge is -2.39. The number of hydrogen-bond donors (Lipinski definition) is 1. The van der Waals surface area contributed by atoms with Crippen LogP contribution in [0.4, 0.5) is 5.69 Å². The second-order valence-corrected chi connectivity index (χ2v) is 10.2. The molecule has 1 N–H and O–H groups in total. The Hall–Kier alpha value is -1.70. The normalized spacial score (nSPS) is 22.2. The van der Waals surface area contributed by atoms with Gasteiger partial charge >= 0.3 is 0 Å². The highest BCUT2D eigenvalue weighted by Crippen LogP contribution is 2.36. The fraction of sp³-hybridized carbons (Fsp3) is 0.571. The molecule has 2 fully saturated rings. The zero-order valence-corrected chi connectivity index (χ0v) is 17.5. The van der Waals surface area contributed by atoms with E-state index in [9.17, 15) is 13.2 Å². The molecule has 0 aromatic heterocycles. The zero-order valence-electron chi connectivity index (χ0n) is 16.7. The van der Waals surface area contributed by atoms with E-state index in [1.807, 2.05) is 13.8 Å². The summed E-state index contributed by atoms with van der Waals surface area (Å²) < 4.78 is 28.1. The summed E-state index contributed by atoms with van der Waals surface area (Å²) in [5, 5.41) is 2.82. The van der Waals surface area contributed by atoms with Gasteiger partial charge in [0.2, 0.25) is 10.0 Å². The predicted octanol–water partition coefficient (Wildman–Crippen LogP) is 3.07. The van der Waals surface area contributed by atoms with Crippen LogP contribution >= 0.6 is 0 Å². The number of rotatable bonds is 3. The molecule has 152 valence electrons. The number of carbonyl (C=O) groups excluding carboxylic acids is 1. The number of likely N-dealkylation sites (tertiary alicyclic amines) is 1. The molecule has 0 radical (unpaired) electrons. The maximum absolute atomic E-state index is 13.2. The third-order valence-electron chi connectivity index (χ3n) is 6.20. The number of benzene rings is 1. The summed E-state index contributed by atoms with van der Waals surface area (Å²) in [5.41, 5.74) is 2.84. The average molecular weight is 404 g/mol. The molecule has 0 spiro atoms. The number of carbonyl (C=O) groups is 1. The molecule has 3 heterocycles. The summed E-state index contributed by atoms with van der Waals surface area (Å²) in [6.07, 6.45) is 5.61. The highest BCUT2D eigenvalue weighted by molar-refractivity contribution is 7.89. The molecule has 0 aliphatic carbocycles. The first-order valence-corrected chi connectivity index (χ1v) is 11.7. The van der Waals surface area contributed by atoms with Crippen molar-refractivity contribution in [1.82, 2.24) is 9.21 Å². The van der Waals surface area contributed by atoms with Gasteiger partial charge in [-0.15, -0.1) is 0 Å². The van der Waals surface area contributed by atoms with E-state index in [1.165, 1.54) is 19.3 Å². The fourth-order valence-corrected chi connectivity index (χ4v) is 6.18. The minimum Gasteiger partial charge on any atom is -0.321 e. The molecule has 0 unspecified atom stereocenters. The lowest BCUT2D eigenvalue weighted by atomic mass is 10.0. The quantitative estimate of drug-likeness (QED) is 0.788. The fourth-order valence-electron chi connectivity index (χ4n) is 4.68. The molecule has 1 aromatic rings. The number of amides is 1. The van der Waals surface area contributed by atoms with E-state index in [0.29, 0.717) is 36.0 Å². The van der Waals surface area contributed by atoms with Crippen molar-refractivity contribution in [3.8, 4) is 0 Å². The molecule has 3 aliphatic rings. The van der Waals surface area contributed by atoms with E-state index in [0.717, 1.165) is 31.5 Å². The predicted molar refractivity (Wildman–Crippen MR) is 111 cm³/mol. The maximum atomic E-state index is 13.2. The van der Waals surface area contributed by atoms with Gasteiger partial charge in [-0.3, -0.25) is 4.79 Å². The standard InChI is InChI=1S/C21H29N3O3S/c1-15(2)20-18-14-17(6-7-19(18)22-21(20)25)28(26,27)24-12-8-16(9-13-24)23-10-4-3-5-11-23/h6-7,14,16H,3-5,8-13H2,1-2H3,(H,22,25). The Bertz CT molecular complexity index is 905. The molecule has 7 heteroatoms. The molecule has 3 aliphatic heterocycles. The number of nitrogens with zero attached hydrogens (tertiary/aromatic N) is 2. The van der Waals surface area contributed by atoms with E-state index in [-0.39, 0.29) is 10.8 Å². The monoisotopic (exact) mass is 403 g/mol. The summed E-state index contributed by atoms with van der Waals surface area (Å²) in [4.78, 5) is 15.0. The van der Waals surface area contributed by atoms with E-state index in [4.69, 9.17) is 0 Å². The molecular formula is C21H29N3O3S. The van der Waals surface area contributed by atoms with Gasteiger partial charge in [0.05, 0.1) is 4.90 Å². The molecular weight excluding hydrogens is 374 g/mol. The molecule has 1 aromatic carbocycles. The molecule has 6 nitrogen and oxygen atoms in total. The van der Waals surface area contributed by atoms with Crippen LogP contribution in [0.3, 0.4) is 0 Å². The van der Waals surface area contributed by atoms with Crippen LogP contribution in [-0.4, -0.2) is 55.8 Å². The van der Waals surface area contributed by atoms with Crippen molar-refractivity contribution in [3.63, 3.8) is 0 Å². The van der Waals surface area contributed by atoms with Crippen LogP contribution < -0.4 is 5.32 Å². The number of anilines is 1. The Morgan fingerprint density at radius 2 is 1.71 bits per heavy atom. The van der Waals surface area contributed by atoms with Crippen LogP contribution in [0.2, 0.25) is 0 Å². The van der Waals surface area contributed by atoms with Gasteiger partial charge in [-0.1, -0.05) is 12.0 Å². The van der Waals surface area contributed by atoms with Gasteiger partial charge in [0.1, 0.15) is 0 Å². The highest BCUT2D eigenvalue weighted by Gasteiger charge is 2.33. The Labute approximate surface area is 167 Å². The first kappa shape index (κ1) is 19.6. The second-order valence-electron chi connectivity index (χ2n) is 8.27. The number of hydrogen-bond acceptors (Lipinski definition) is 4. The third-order valence-corrected chi connectivity index (χ3v) is 8.10. The van der Waals surface area contributed by atoms with E-state index >= 15 is 0 Å². The molecule has 0 bridgehead atoms. The molecule has 0 saturated carbocycles. The first-order chi connectivity index (χ1) is 13.4. The number of nitrogens with one attached hydrogen (secondary N) is 1. The van der Waals surface area contributed by atoms with Crippen molar-refractivity contribution >= 4 is 27.2 Å². The average Bonchev–Trinajstić information content (AvgIpc) is 3.04. The van der Waals surface area contributed by atoms with Gasteiger partial charge in [-0.2, -0.15) is 4.31 Å². The van der Waals surface area contributed by atoms with Crippen molar-refractivity contribution < 1.29 is 13.2 Å². The van der Waals surface area contributed by atoms with Crippen LogP contribution in [-0.2, 0) is 14.8 Å². The van der Waals surface area contributed by atoms with Crippen molar-refractivity contribution in [1.29, 1.82) is 0 Å². The van der Waals surface area contributed by atoms with Gasteiger partial charge in [0, 0.05) is 36.0 Å². The highest BCUT2D eigenvalue weighted by atomic mass is 32.2. The second kappa shape index (κ2) is 7.61. The lowest BCUT2D eigenvalue weighted by molar-refractivity contribution is -0.110. The van der Waals surface area contributed by atoms with Gasteiger partial charge in [-0.25, -0.2) is 8.42 Å². The molecule has 4 rings (SSSR count). The van der Waals surface area contributed by atoms with Crippen LogP contribution in [0.25, 0.3) is 5.57 Å². The smallest absolute Gasteiger partial charge is 0.256 e. The molecule has 28 heavy (non-hydrogen) atoms. The zero-order chi connectivity index (χ0) is 19.9. The van der Waals surface area contributed by atoms with E-state index in [1.54, 1.807) is 22.5 Å². The molecule has 2 saturated heterocycles. The van der Waals surface area contributed by atoms with Gasteiger partial charge < -0.3 is 10.2 Å². The SMILES string of the molecule is CC(C)=C1C(=O)Nc2ccc(S(=O)(=O)N3CCC(N4CCCCC4)CC3)cc21. The first-order valence-electron chi connectivity index (χ1n) is 10.3.